The Labute approximate surface area is 239 Å². The minimum absolute atomic E-state index is 0.130. The van der Waals surface area contributed by atoms with Crippen LogP contribution in [0.1, 0.15) is 38.8 Å². The number of carbonyl (C=O) groups excluding carboxylic acids is 2. The van der Waals surface area contributed by atoms with E-state index < -0.39 is 0 Å². The van der Waals surface area contributed by atoms with Gasteiger partial charge >= 0.3 is 0 Å². The van der Waals surface area contributed by atoms with Gasteiger partial charge in [-0.3, -0.25) is 14.5 Å². The smallest absolute Gasteiger partial charge is 0.270 e. The lowest BCUT2D eigenvalue weighted by molar-refractivity contribution is 0.0374. The van der Waals surface area contributed by atoms with Gasteiger partial charge in [0.15, 0.2) is 0 Å². The van der Waals surface area contributed by atoms with Gasteiger partial charge in [-0.25, -0.2) is 4.98 Å². The number of morpholine rings is 1. The lowest BCUT2D eigenvalue weighted by atomic mass is 10.0. The number of ether oxygens (including phenoxy) is 2. The van der Waals surface area contributed by atoms with Crippen molar-refractivity contribution in [2.24, 2.45) is 7.05 Å². The van der Waals surface area contributed by atoms with E-state index in [9.17, 15) is 9.59 Å². The number of carbonyl (C=O) groups is 2. The van der Waals surface area contributed by atoms with Crippen LogP contribution in [0.25, 0.3) is 22.2 Å². The first kappa shape index (κ1) is 27.0. The third-order valence-corrected chi connectivity index (χ3v) is 7.88. The van der Waals surface area contributed by atoms with Crippen LogP contribution in [0, 0.1) is 6.92 Å². The average molecular weight is 557 g/mol. The van der Waals surface area contributed by atoms with Crippen molar-refractivity contribution in [3.63, 3.8) is 0 Å². The zero-order valence-electron chi connectivity index (χ0n) is 23.6. The highest BCUT2D eigenvalue weighted by Crippen LogP contribution is 2.31. The predicted molar refractivity (Wildman–Crippen MR) is 156 cm³/mol. The molecule has 4 heterocycles. The van der Waals surface area contributed by atoms with Crippen LogP contribution in [0.5, 0.6) is 5.75 Å². The van der Waals surface area contributed by atoms with Crippen molar-refractivity contribution in [2.45, 2.75) is 19.9 Å². The van der Waals surface area contributed by atoms with Crippen molar-refractivity contribution in [2.75, 3.05) is 52.5 Å². The van der Waals surface area contributed by atoms with Crippen LogP contribution >= 0.6 is 0 Å². The SMILES string of the molecule is Cc1nc2ccc(-c3ccc4c(c3)CN(C(=O)c3ccc(C(=O)NCCCN5CCOCC5)n3C)CCO4)cc2[nH]1. The van der Waals surface area contributed by atoms with Crippen LogP contribution in [0.3, 0.4) is 0 Å². The second-order valence-corrected chi connectivity index (χ2v) is 10.7. The summed E-state index contributed by atoms with van der Waals surface area (Å²) in [4.78, 5) is 38.5. The van der Waals surface area contributed by atoms with Crippen molar-refractivity contribution in [1.29, 1.82) is 0 Å². The molecule has 0 atom stereocenters. The third kappa shape index (κ3) is 5.84. The molecule has 214 valence electrons. The van der Waals surface area contributed by atoms with Crippen molar-refractivity contribution in [1.82, 2.24) is 29.7 Å². The highest BCUT2D eigenvalue weighted by Gasteiger charge is 2.25. The van der Waals surface area contributed by atoms with Gasteiger partial charge in [0.25, 0.3) is 11.8 Å². The summed E-state index contributed by atoms with van der Waals surface area (Å²) in [5.74, 6) is 1.36. The molecule has 10 heteroatoms. The minimum Gasteiger partial charge on any atom is -0.491 e. The Balaban J connectivity index is 1.12. The molecule has 0 aliphatic carbocycles. The molecule has 0 unspecified atom stereocenters. The van der Waals surface area contributed by atoms with E-state index in [4.69, 9.17) is 9.47 Å². The van der Waals surface area contributed by atoms with Gasteiger partial charge in [-0.15, -0.1) is 0 Å². The zero-order valence-corrected chi connectivity index (χ0v) is 23.6. The fourth-order valence-corrected chi connectivity index (χ4v) is 5.60. The maximum Gasteiger partial charge on any atom is 0.270 e. The molecule has 0 spiro atoms. The first-order chi connectivity index (χ1) is 20.0. The van der Waals surface area contributed by atoms with Crippen LogP contribution in [-0.4, -0.2) is 88.7 Å². The van der Waals surface area contributed by atoms with Crippen LogP contribution in [0.2, 0.25) is 0 Å². The minimum atomic E-state index is -0.174. The van der Waals surface area contributed by atoms with Gasteiger partial charge in [0.2, 0.25) is 0 Å². The number of imidazole rings is 1. The molecule has 0 bridgehead atoms. The van der Waals surface area contributed by atoms with E-state index in [1.165, 1.54) is 0 Å². The highest BCUT2D eigenvalue weighted by atomic mass is 16.5. The van der Waals surface area contributed by atoms with E-state index in [0.29, 0.717) is 37.6 Å². The second kappa shape index (κ2) is 11.8. The molecule has 2 aliphatic rings. The number of hydrogen-bond donors (Lipinski definition) is 2. The fraction of sp³-hybridized carbons (Fsp3) is 0.387. The number of fused-ring (bicyclic) bond motifs is 2. The van der Waals surface area contributed by atoms with Crippen molar-refractivity contribution >= 4 is 22.8 Å². The number of rotatable bonds is 7. The molecule has 2 aromatic heterocycles. The van der Waals surface area contributed by atoms with Gasteiger partial charge in [0.05, 0.1) is 30.8 Å². The van der Waals surface area contributed by atoms with Gasteiger partial charge in [-0.05, 0) is 67.4 Å². The molecule has 6 rings (SSSR count). The summed E-state index contributed by atoms with van der Waals surface area (Å²) in [6.07, 6.45) is 0.868. The second-order valence-electron chi connectivity index (χ2n) is 10.7. The summed E-state index contributed by atoms with van der Waals surface area (Å²) in [7, 11) is 1.77. The number of aromatic amines is 1. The lowest BCUT2D eigenvalue weighted by Crippen LogP contribution is -2.38. The Kier molecular flexibility index (Phi) is 7.76. The van der Waals surface area contributed by atoms with E-state index in [-0.39, 0.29) is 11.8 Å². The number of H-pyrrole nitrogens is 1. The molecule has 10 nitrogen and oxygen atoms in total. The molecule has 4 aromatic rings. The molecule has 2 aromatic carbocycles. The molecule has 41 heavy (non-hydrogen) atoms. The topological polar surface area (TPSA) is 105 Å². The number of hydrogen-bond acceptors (Lipinski definition) is 6. The van der Waals surface area contributed by atoms with E-state index in [2.05, 4.69) is 38.4 Å². The molecule has 1 saturated heterocycles. The first-order valence-corrected chi connectivity index (χ1v) is 14.2. The summed E-state index contributed by atoms with van der Waals surface area (Å²) in [6.45, 7) is 8.14. The lowest BCUT2D eigenvalue weighted by Gasteiger charge is -2.26. The fourth-order valence-electron chi connectivity index (χ4n) is 5.60. The number of aromatic nitrogens is 3. The Morgan fingerprint density at radius 2 is 1.76 bits per heavy atom. The molecule has 2 aliphatic heterocycles. The van der Waals surface area contributed by atoms with Gasteiger partial charge in [-0.2, -0.15) is 0 Å². The maximum atomic E-state index is 13.6. The van der Waals surface area contributed by atoms with Crippen molar-refractivity contribution in [3.8, 4) is 16.9 Å². The summed E-state index contributed by atoms with van der Waals surface area (Å²) >= 11 is 0. The number of amides is 2. The number of nitrogens with zero attached hydrogens (tertiary/aromatic N) is 4. The van der Waals surface area contributed by atoms with Crippen LogP contribution < -0.4 is 10.1 Å². The van der Waals surface area contributed by atoms with E-state index >= 15 is 0 Å². The normalized spacial score (nSPS) is 15.8. The van der Waals surface area contributed by atoms with Gasteiger partial charge in [0.1, 0.15) is 29.6 Å². The summed E-state index contributed by atoms with van der Waals surface area (Å²) in [5, 5.41) is 3.00. The molecule has 1 fully saturated rings. The van der Waals surface area contributed by atoms with Gasteiger partial charge in [0, 0.05) is 38.8 Å². The van der Waals surface area contributed by atoms with Crippen LogP contribution in [0.4, 0.5) is 0 Å². The van der Waals surface area contributed by atoms with Crippen molar-refractivity contribution < 1.29 is 19.1 Å². The summed E-state index contributed by atoms with van der Waals surface area (Å²) in [5.41, 5.74) is 5.92. The summed E-state index contributed by atoms with van der Waals surface area (Å²) in [6, 6.07) is 15.7. The molecule has 0 saturated carbocycles. The van der Waals surface area contributed by atoms with Crippen LogP contribution in [-0.2, 0) is 18.3 Å². The first-order valence-electron chi connectivity index (χ1n) is 14.2. The van der Waals surface area contributed by atoms with E-state index in [0.717, 1.165) is 78.6 Å². The van der Waals surface area contributed by atoms with Crippen molar-refractivity contribution in [3.05, 3.63) is 71.3 Å². The van der Waals surface area contributed by atoms with E-state index in [1.54, 1.807) is 28.6 Å². The monoisotopic (exact) mass is 556 g/mol. The largest absolute Gasteiger partial charge is 0.491 e. The predicted octanol–water partition coefficient (Wildman–Crippen LogP) is 3.36. The Bertz CT molecular complexity index is 1570. The maximum absolute atomic E-state index is 13.6. The number of aryl methyl sites for hydroxylation is 1. The Hall–Kier alpha value is -4.15. The Morgan fingerprint density at radius 3 is 2.61 bits per heavy atom. The molecular weight excluding hydrogens is 520 g/mol. The number of benzene rings is 2. The van der Waals surface area contributed by atoms with Gasteiger partial charge in [-0.1, -0.05) is 12.1 Å². The molecule has 2 N–H and O–H groups in total. The molecule has 2 amide bonds. The molecular formula is C31H36N6O4. The Morgan fingerprint density at radius 1 is 0.976 bits per heavy atom. The van der Waals surface area contributed by atoms with Crippen LogP contribution in [0.15, 0.2) is 48.5 Å². The highest BCUT2D eigenvalue weighted by molar-refractivity contribution is 5.98. The molecule has 0 radical (unpaired) electrons. The number of nitrogens with one attached hydrogen (secondary N) is 2. The third-order valence-electron chi connectivity index (χ3n) is 7.88. The zero-order chi connectivity index (χ0) is 28.3. The van der Waals surface area contributed by atoms with E-state index in [1.807, 2.05) is 25.1 Å². The average Bonchev–Trinajstić information content (AvgIpc) is 3.48. The standard InChI is InChI=1S/C31H36N6O4/c1-21-33-25-6-4-23(19-26(25)34-21)22-5-9-29-24(18-22)20-37(14-17-41-29)31(39)28-8-7-27(35(28)2)30(38)32-10-3-11-36-12-15-40-16-13-36/h4-9,18-19H,3,10-17,20H2,1-2H3,(H,32,38)(H,33,34). The summed E-state index contributed by atoms with van der Waals surface area (Å²) < 4.78 is 13.1. The quantitative estimate of drug-likeness (QED) is 0.339. The van der Waals surface area contributed by atoms with Gasteiger partial charge < -0.3 is 29.2 Å².